The van der Waals surface area contributed by atoms with Gasteiger partial charge in [0.25, 0.3) is 0 Å². The first kappa shape index (κ1) is 19.8. The first-order valence-electron chi connectivity index (χ1n) is 9.58. The Morgan fingerprint density at radius 2 is 1.96 bits per heavy atom. The number of hydrogen-bond donors (Lipinski definition) is 1. The summed E-state index contributed by atoms with van der Waals surface area (Å²) in [4.78, 5) is 17.7. The summed E-state index contributed by atoms with van der Waals surface area (Å²) in [6, 6.07) is 4.40. The van der Waals surface area contributed by atoms with Gasteiger partial charge in [-0.05, 0) is 76.1 Å². The Morgan fingerprint density at radius 1 is 1.19 bits per heavy atom. The van der Waals surface area contributed by atoms with Crippen molar-refractivity contribution in [1.82, 2.24) is 15.1 Å². The van der Waals surface area contributed by atoms with Gasteiger partial charge in [0.2, 0.25) is 0 Å². The highest BCUT2D eigenvalue weighted by molar-refractivity contribution is 7.99. The minimum absolute atomic E-state index is 0.0935. The van der Waals surface area contributed by atoms with Crippen LogP contribution >= 0.6 is 23.4 Å². The molecule has 0 saturated carbocycles. The van der Waals surface area contributed by atoms with Crippen LogP contribution in [0.25, 0.3) is 0 Å². The van der Waals surface area contributed by atoms with Crippen molar-refractivity contribution < 1.29 is 4.79 Å². The molecule has 144 valence electrons. The van der Waals surface area contributed by atoms with Crippen LogP contribution in [0.3, 0.4) is 0 Å². The zero-order valence-corrected chi connectivity index (χ0v) is 17.7. The Hall–Kier alpha value is -0.910. The molecule has 0 aliphatic carbocycles. The van der Waals surface area contributed by atoms with Gasteiger partial charge in [0.1, 0.15) is 0 Å². The Bertz CT molecular complexity index is 659. The van der Waals surface area contributed by atoms with E-state index in [1.165, 1.54) is 16.0 Å². The fraction of sp³-hybridized carbons (Fsp3) is 0.650. The van der Waals surface area contributed by atoms with Crippen molar-refractivity contribution >= 4 is 29.4 Å². The van der Waals surface area contributed by atoms with Crippen molar-refractivity contribution in [2.75, 3.05) is 38.5 Å². The van der Waals surface area contributed by atoms with E-state index in [4.69, 9.17) is 11.6 Å². The fourth-order valence-corrected chi connectivity index (χ4v) is 5.14. The Labute approximate surface area is 166 Å². The molecule has 2 heterocycles. The normalized spacial score (nSPS) is 18.2. The van der Waals surface area contributed by atoms with E-state index in [1.54, 1.807) is 0 Å². The quantitative estimate of drug-likeness (QED) is 0.603. The number of carbonyl (C=O) groups excluding carboxylic acids is 1. The van der Waals surface area contributed by atoms with Gasteiger partial charge in [0, 0.05) is 30.1 Å². The number of nitrogens with one attached hydrogen (secondary N) is 1. The van der Waals surface area contributed by atoms with Gasteiger partial charge in [-0.2, -0.15) is 0 Å². The largest absolute Gasteiger partial charge is 0.323 e. The molecule has 2 aliphatic heterocycles. The molecular formula is C20H30ClN3OS. The maximum absolute atomic E-state index is 12.5. The summed E-state index contributed by atoms with van der Waals surface area (Å²) in [5.41, 5.74) is 2.75. The third kappa shape index (κ3) is 4.49. The van der Waals surface area contributed by atoms with Crippen LogP contribution in [0, 0.1) is 0 Å². The van der Waals surface area contributed by atoms with Crippen molar-refractivity contribution in [3.8, 4) is 0 Å². The third-order valence-corrected chi connectivity index (χ3v) is 6.83. The zero-order chi connectivity index (χ0) is 18.7. The number of amides is 2. The number of thioether (sulfide) groups is 1. The van der Waals surface area contributed by atoms with Crippen LogP contribution in [0.1, 0.15) is 38.3 Å². The molecule has 1 saturated heterocycles. The van der Waals surface area contributed by atoms with Crippen LogP contribution in [0.15, 0.2) is 17.0 Å². The summed E-state index contributed by atoms with van der Waals surface area (Å²) < 4.78 is 0. The van der Waals surface area contributed by atoms with Crippen LogP contribution in [-0.2, 0) is 12.8 Å². The number of nitrogens with zero attached hydrogens (tertiary/aromatic N) is 2. The second-order valence-corrected chi connectivity index (χ2v) is 9.57. The molecule has 4 nitrogen and oxygen atoms in total. The summed E-state index contributed by atoms with van der Waals surface area (Å²) in [5, 5.41) is 4.33. The molecule has 26 heavy (non-hydrogen) atoms. The number of hydrogen-bond acceptors (Lipinski definition) is 3. The molecule has 0 unspecified atom stereocenters. The molecule has 2 aliphatic rings. The highest BCUT2D eigenvalue weighted by Crippen LogP contribution is 2.34. The van der Waals surface area contributed by atoms with Gasteiger partial charge in [-0.1, -0.05) is 17.7 Å². The lowest BCUT2D eigenvalue weighted by Gasteiger charge is -2.31. The van der Waals surface area contributed by atoms with E-state index in [0.29, 0.717) is 0 Å². The zero-order valence-electron chi connectivity index (χ0n) is 16.1. The van der Waals surface area contributed by atoms with Crippen molar-refractivity contribution in [2.45, 2.75) is 50.5 Å². The van der Waals surface area contributed by atoms with Crippen LogP contribution in [0.2, 0.25) is 5.02 Å². The third-order valence-electron chi connectivity index (χ3n) is 5.16. The topological polar surface area (TPSA) is 35.6 Å². The molecule has 1 fully saturated rings. The SMILES string of the molecule is CC(C)(C)N1CCN(CCCSc2c(Cl)ccc3c2CCNCC3)C1=O. The molecule has 0 aromatic heterocycles. The van der Waals surface area contributed by atoms with Gasteiger partial charge in [0.05, 0.1) is 5.02 Å². The van der Waals surface area contributed by atoms with Crippen LogP contribution in [-0.4, -0.2) is 59.8 Å². The summed E-state index contributed by atoms with van der Waals surface area (Å²) in [6.45, 7) is 10.9. The van der Waals surface area contributed by atoms with Crippen molar-refractivity contribution in [3.63, 3.8) is 0 Å². The van der Waals surface area contributed by atoms with Gasteiger partial charge in [-0.25, -0.2) is 4.79 Å². The predicted molar refractivity (Wildman–Crippen MR) is 110 cm³/mol. The summed E-state index contributed by atoms with van der Waals surface area (Å²) >= 11 is 8.35. The van der Waals surface area contributed by atoms with Crippen molar-refractivity contribution in [2.24, 2.45) is 0 Å². The number of fused-ring (bicyclic) bond motifs is 1. The molecule has 2 amide bonds. The number of halogens is 1. The van der Waals surface area contributed by atoms with E-state index in [-0.39, 0.29) is 11.6 Å². The van der Waals surface area contributed by atoms with E-state index in [1.807, 2.05) is 27.6 Å². The first-order chi connectivity index (χ1) is 12.4. The van der Waals surface area contributed by atoms with E-state index >= 15 is 0 Å². The van der Waals surface area contributed by atoms with Crippen LogP contribution in [0.5, 0.6) is 0 Å². The lowest BCUT2D eigenvalue weighted by Crippen LogP contribution is -2.44. The van der Waals surface area contributed by atoms with E-state index in [9.17, 15) is 4.79 Å². The van der Waals surface area contributed by atoms with Crippen LogP contribution in [0.4, 0.5) is 4.79 Å². The maximum Gasteiger partial charge on any atom is 0.320 e. The molecular weight excluding hydrogens is 366 g/mol. The predicted octanol–water partition coefficient (Wildman–Crippen LogP) is 4.05. The highest BCUT2D eigenvalue weighted by Gasteiger charge is 2.35. The van der Waals surface area contributed by atoms with Gasteiger partial charge >= 0.3 is 6.03 Å². The second kappa shape index (κ2) is 8.41. The number of rotatable bonds is 5. The van der Waals surface area contributed by atoms with Gasteiger partial charge in [-0.15, -0.1) is 11.8 Å². The Balaban J connectivity index is 1.54. The minimum atomic E-state index is -0.0935. The molecule has 0 bridgehead atoms. The van der Waals surface area contributed by atoms with E-state index < -0.39 is 0 Å². The molecule has 1 N–H and O–H groups in total. The fourth-order valence-electron chi connectivity index (χ4n) is 3.71. The lowest BCUT2D eigenvalue weighted by molar-refractivity contribution is 0.155. The standard InChI is InChI=1S/C20H30ClN3OS/c1-20(2,3)24-13-12-23(19(24)25)11-4-14-26-18-16-8-10-22-9-7-15(16)5-6-17(18)21/h5-6,22H,4,7-14H2,1-3H3. The molecule has 0 atom stereocenters. The van der Waals surface area contributed by atoms with E-state index in [0.717, 1.165) is 62.8 Å². The van der Waals surface area contributed by atoms with Crippen molar-refractivity contribution in [1.29, 1.82) is 0 Å². The summed E-state index contributed by atoms with van der Waals surface area (Å²) in [7, 11) is 0. The Kier molecular flexibility index (Phi) is 6.41. The maximum atomic E-state index is 12.5. The lowest BCUT2D eigenvalue weighted by atomic mass is 10.0. The Morgan fingerprint density at radius 3 is 2.69 bits per heavy atom. The number of carbonyl (C=O) groups is 1. The van der Waals surface area contributed by atoms with Gasteiger partial charge in [-0.3, -0.25) is 0 Å². The van der Waals surface area contributed by atoms with Gasteiger partial charge < -0.3 is 15.1 Å². The molecule has 1 aromatic carbocycles. The molecule has 0 radical (unpaired) electrons. The summed E-state index contributed by atoms with van der Waals surface area (Å²) in [6.07, 6.45) is 3.11. The molecule has 3 rings (SSSR count). The average molecular weight is 396 g/mol. The van der Waals surface area contributed by atoms with E-state index in [2.05, 4.69) is 32.2 Å². The number of benzene rings is 1. The van der Waals surface area contributed by atoms with Crippen molar-refractivity contribution in [3.05, 3.63) is 28.3 Å². The monoisotopic (exact) mass is 395 g/mol. The van der Waals surface area contributed by atoms with Crippen LogP contribution < -0.4 is 5.32 Å². The minimum Gasteiger partial charge on any atom is -0.323 e. The molecule has 1 aromatic rings. The summed E-state index contributed by atoms with van der Waals surface area (Å²) in [5.74, 6) is 0.989. The van der Waals surface area contributed by atoms with Gasteiger partial charge in [0.15, 0.2) is 0 Å². The number of urea groups is 1. The molecule has 0 spiro atoms. The molecule has 6 heteroatoms. The highest BCUT2D eigenvalue weighted by atomic mass is 35.5. The first-order valence-corrected chi connectivity index (χ1v) is 10.9. The second-order valence-electron chi connectivity index (χ2n) is 8.06. The smallest absolute Gasteiger partial charge is 0.320 e. The average Bonchev–Trinajstić information content (AvgIpc) is 2.80.